The summed E-state index contributed by atoms with van der Waals surface area (Å²) in [6.45, 7) is 9.01. The van der Waals surface area contributed by atoms with Gasteiger partial charge in [-0.15, -0.1) is 0 Å². The molecule has 1 amide bonds. The fourth-order valence-electron chi connectivity index (χ4n) is 3.53. The summed E-state index contributed by atoms with van der Waals surface area (Å²) in [7, 11) is 0. The van der Waals surface area contributed by atoms with E-state index in [2.05, 4.69) is 0 Å². The van der Waals surface area contributed by atoms with Crippen LogP contribution in [0, 0.1) is 0 Å². The SMILES string of the molecule is CCCOc1ccc(C(=O)N2CCC(N(CC)CC(=O)O)CC2)cc1OCC. The molecule has 0 saturated carbocycles. The highest BCUT2D eigenvalue weighted by Gasteiger charge is 2.28. The summed E-state index contributed by atoms with van der Waals surface area (Å²) in [5.41, 5.74) is 0.587. The van der Waals surface area contributed by atoms with Gasteiger partial charge in [-0.2, -0.15) is 0 Å². The molecule has 0 aromatic heterocycles. The molecule has 0 atom stereocenters. The number of rotatable bonds is 10. The normalized spacial score (nSPS) is 14.9. The second-order valence-corrected chi connectivity index (χ2v) is 6.92. The van der Waals surface area contributed by atoms with Gasteiger partial charge in [0.2, 0.25) is 0 Å². The Morgan fingerprint density at radius 3 is 2.43 bits per heavy atom. The third-order valence-corrected chi connectivity index (χ3v) is 4.96. The van der Waals surface area contributed by atoms with Gasteiger partial charge in [0.1, 0.15) is 0 Å². The molecule has 1 fully saturated rings. The van der Waals surface area contributed by atoms with E-state index in [0.717, 1.165) is 19.3 Å². The van der Waals surface area contributed by atoms with Crippen molar-refractivity contribution in [1.82, 2.24) is 9.80 Å². The van der Waals surface area contributed by atoms with Crippen LogP contribution in [0.25, 0.3) is 0 Å². The van der Waals surface area contributed by atoms with Gasteiger partial charge in [-0.25, -0.2) is 0 Å². The van der Waals surface area contributed by atoms with Crippen LogP contribution in [0.1, 0.15) is 50.4 Å². The Bertz CT molecular complexity index is 656. The van der Waals surface area contributed by atoms with Crippen LogP contribution in [0.15, 0.2) is 18.2 Å². The van der Waals surface area contributed by atoms with Crippen LogP contribution >= 0.6 is 0 Å². The van der Waals surface area contributed by atoms with Crippen LogP contribution in [-0.2, 0) is 4.79 Å². The zero-order valence-corrected chi connectivity index (χ0v) is 17.1. The number of carbonyl (C=O) groups is 2. The molecule has 1 aromatic carbocycles. The van der Waals surface area contributed by atoms with Gasteiger partial charge >= 0.3 is 5.97 Å². The van der Waals surface area contributed by atoms with Crippen LogP contribution < -0.4 is 9.47 Å². The van der Waals surface area contributed by atoms with Crippen molar-refractivity contribution in [1.29, 1.82) is 0 Å². The fraction of sp³-hybridized carbons (Fsp3) is 0.619. The topological polar surface area (TPSA) is 79.3 Å². The molecular weight excluding hydrogens is 360 g/mol. The van der Waals surface area contributed by atoms with E-state index in [9.17, 15) is 9.59 Å². The third kappa shape index (κ3) is 5.86. The van der Waals surface area contributed by atoms with Crippen molar-refractivity contribution in [3.63, 3.8) is 0 Å². The van der Waals surface area contributed by atoms with E-state index >= 15 is 0 Å². The van der Waals surface area contributed by atoms with Crippen LogP contribution in [0.2, 0.25) is 0 Å². The standard InChI is InChI=1S/C21H32N2O5/c1-4-13-28-18-8-7-16(14-19(18)27-6-3)21(26)23-11-9-17(10-12-23)22(5-2)15-20(24)25/h7-8,14,17H,4-6,9-13,15H2,1-3H3,(H,24,25). The molecule has 28 heavy (non-hydrogen) atoms. The lowest BCUT2D eigenvalue weighted by atomic mass is 10.0. The molecule has 1 N–H and O–H groups in total. The van der Waals surface area contributed by atoms with E-state index in [0.29, 0.717) is 49.9 Å². The Hall–Kier alpha value is -2.28. The predicted octanol–water partition coefficient (Wildman–Crippen LogP) is 2.89. The molecule has 2 rings (SSSR count). The van der Waals surface area contributed by atoms with Crippen molar-refractivity contribution in [3.8, 4) is 11.5 Å². The zero-order chi connectivity index (χ0) is 20.5. The number of benzene rings is 1. The van der Waals surface area contributed by atoms with Gasteiger partial charge in [0.05, 0.1) is 19.8 Å². The molecule has 1 saturated heterocycles. The Balaban J connectivity index is 2.02. The van der Waals surface area contributed by atoms with Crippen LogP contribution in [0.4, 0.5) is 0 Å². The van der Waals surface area contributed by atoms with E-state index in [-0.39, 0.29) is 18.5 Å². The maximum Gasteiger partial charge on any atom is 0.317 e. The highest BCUT2D eigenvalue weighted by Crippen LogP contribution is 2.29. The van der Waals surface area contributed by atoms with Crippen molar-refractivity contribution < 1.29 is 24.2 Å². The summed E-state index contributed by atoms with van der Waals surface area (Å²) in [6.07, 6.45) is 2.46. The first-order valence-corrected chi connectivity index (χ1v) is 10.1. The fourth-order valence-corrected chi connectivity index (χ4v) is 3.53. The van der Waals surface area contributed by atoms with E-state index in [1.54, 1.807) is 18.2 Å². The second kappa shape index (κ2) is 10.9. The van der Waals surface area contributed by atoms with Gasteiger partial charge in [-0.3, -0.25) is 14.5 Å². The minimum atomic E-state index is -0.811. The number of carbonyl (C=O) groups excluding carboxylic acids is 1. The van der Waals surface area contributed by atoms with Crippen molar-refractivity contribution in [2.24, 2.45) is 0 Å². The second-order valence-electron chi connectivity index (χ2n) is 6.92. The van der Waals surface area contributed by atoms with Crippen LogP contribution in [-0.4, -0.2) is 72.2 Å². The lowest BCUT2D eigenvalue weighted by Crippen LogP contribution is -2.48. The van der Waals surface area contributed by atoms with E-state index in [4.69, 9.17) is 14.6 Å². The number of ether oxygens (including phenoxy) is 2. The van der Waals surface area contributed by atoms with Gasteiger partial charge < -0.3 is 19.5 Å². The number of aliphatic carboxylic acids is 1. The van der Waals surface area contributed by atoms with Gasteiger partial charge in [0.25, 0.3) is 5.91 Å². The average molecular weight is 392 g/mol. The van der Waals surface area contributed by atoms with Crippen LogP contribution in [0.3, 0.4) is 0 Å². The maximum absolute atomic E-state index is 12.9. The lowest BCUT2D eigenvalue weighted by molar-refractivity contribution is -0.139. The molecule has 1 aliphatic heterocycles. The first-order chi connectivity index (χ1) is 13.5. The minimum absolute atomic E-state index is 0.0253. The summed E-state index contributed by atoms with van der Waals surface area (Å²) in [4.78, 5) is 27.8. The first kappa shape index (κ1) is 22.0. The largest absolute Gasteiger partial charge is 0.490 e. The quantitative estimate of drug-likeness (QED) is 0.660. The Morgan fingerprint density at radius 1 is 1.14 bits per heavy atom. The highest BCUT2D eigenvalue weighted by atomic mass is 16.5. The number of carboxylic acid groups (broad SMARTS) is 1. The molecule has 0 bridgehead atoms. The average Bonchev–Trinajstić information content (AvgIpc) is 2.70. The molecule has 1 aliphatic rings. The first-order valence-electron chi connectivity index (χ1n) is 10.1. The number of piperidine rings is 1. The summed E-state index contributed by atoms with van der Waals surface area (Å²) in [5, 5.41) is 9.05. The van der Waals surface area contributed by atoms with Gasteiger partial charge in [-0.1, -0.05) is 13.8 Å². The Morgan fingerprint density at radius 2 is 1.86 bits per heavy atom. The number of likely N-dealkylation sites (tertiary alicyclic amines) is 1. The van der Waals surface area contributed by atoms with Gasteiger partial charge in [-0.05, 0) is 50.9 Å². The zero-order valence-electron chi connectivity index (χ0n) is 17.1. The number of likely N-dealkylation sites (N-methyl/N-ethyl adjacent to an activating group) is 1. The summed E-state index contributed by atoms with van der Waals surface area (Å²) in [6, 6.07) is 5.54. The smallest absolute Gasteiger partial charge is 0.317 e. The third-order valence-electron chi connectivity index (χ3n) is 4.96. The molecule has 1 heterocycles. The number of carboxylic acids is 1. The lowest BCUT2D eigenvalue weighted by Gasteiger charge is -2.37. The minimum Gasteiger partial charge on any atom is -0.490 e. The summed E-state index contributed by atoms with van der Waals surface area (Å²) in [5.74, 6) is 0.415. The number of hydrogen-bond donors (Lipinski definition) is 1. The van der Waals surface area contributed by atoms with E-state index < -0.39 is 5.97 Å². The molecule has 156 valence electrons. The molecular formula is C21H32N2O5. The number of nitrogens with zero attached hydrogens (tertiary/aromatic N) is 2. The highest BCUT2D eigenvalue weighted by molar-refractivity contribution is 5.95. The van der Waals surface area contributed by atoms with Crippen molar-refractivity contribution in [2.75, 3.05) is 39.4 Å². The molecule has 7 nitrogen and oxygen atoms in total. The molecule has 0 radical (unpaired) electrons. The molecule has 0 unspecified atom stereocenters. The number of hydrogen-bond acceptors (Lipinski definition) is 5. The molecule has 1 aromatic rings. The summed E-state index contributed by atoms with van der Waals surface area (Å²) < 4.78 is 11.4. The Labute approximate surface area is 167 Å². The monoisotopic (exact) mass is 392 g/mol. The molecule has 0 aliphatic carbocycles. The molecule has 7 heteroatoms. The maximum atomic E-state index is 12.9. The van der Waals surface area contributed by atoms with Gasteiger partial charge in [0.15, 0.2) is 11.5 Å². The van der Waals surface area contributed by atoms with Crippen molar-refractivity contribution in [3.05, 3.63) is 23.8 Å². The van der Waals surface area contributed by atoms with Gasteiger partial charge in [0, 0.05) is 24.7 Å². The predicted molar refractivity (Wildman–Crippen MR) is 107 cm³/mol. The number of amides is 1. The van der Waals surface area contributed by atoms with E-state index in [1.807, 2.05) is 30.6 Å². The molecule has 0 spiro atoms. The Kier molecular flexibility index (Phi) is 8.57. The van der Waals surface area contributed by atoms with E-state index in [1.165, 1.54) is 0 Å². The summed E-state index contributed by atoms with van der Waals surface area (Å²) >= 11 is 0. The van der Waals surface area contributed by atoms with Crippen molar-refractivity contribution in [2.45, 2.75) is 46.1 Å². The van der Waals surface area contributed by atoms with Crippen LogP contribution in [0.5, 0.6) is 11.5 Å². The van der Waals surface area contributed by atoms with Crippen molar-refractivity contribution >= 4 is 11.9 Å².